The molecule has 0 atom stereocenters. The van der Waals surface area contributed by atoms with E-state index >= 15 is 0 Å². The topological polar surface area (TPSA) is 49.7 Å². The molecule has 0 unspecified atom stereocenters. The molecule has 0 radical (unpaired) electrons. The Morgan fingerprint density at radius 3 is 2.54 bits per heavy atom. The Bertz CT molecular complexity index is 843. The van der Waals surface area contributed by atoms with Gasteiger partial charge in [0.2, 0.25) is 0 Å². The maximum absolute atomic E-state index is 4.32. The monoisotopic (exact) mass is 323 g/mol. The van der Waals surface area contributed by atoms with Crippen LogP contribution in [0.25, 0.3) is 11.3 Å². The summed E-state index contributed by atoms with van der Waals surface area (Å²) in [6.45, 7) is 8.08. The standard InChI is InChI=1S/C19H25N5/c1-13-6-7-14(2)18(8-13)19-17(9-20-22-19)12-23(4)11-16-10-21-24(5)15(16)3/h6-10H,11-12H2,1-5H3,(H,20,22). The summed E-state index contributed by atoms with van der Waals surface area (Å²) in [4.78, 5) is 2.30. The van der Waals surface area contributed by atoms with E-state index in [2.05, 4.69) is 66.2 Å². The summed E-state index contributed by atoms with van der Waals surface area (Å²) in [7, 11) is 4.11. The molecular weight excluding hydrogens is 298 g/mol. The van der Waals surface area contributed by atoms with Crippen LogP contribution in [0.15, 0.2) is 30.6 Å². The molecule has 2 aromatic heterocycles. The molecule has 0 saturated heterocycles. The third kappa shape index (κ3) is 3.26. The van der Waals surface area contributed by atoms with E-state index in [1.54, 1.807) is 0 Å². The first-order chi connectivity index (χ1) is 11.5. The second kappa shape index (κ2) is 6.61. The lowest BCUT2D eigenvalue weighted by atomic mass is 10.0. The molecule has 0 spiro atoms. The molecule has 2 heterocycles. The van der Waals surface area contributed by atoms with Crippen LogP contribution in [0.1, 0.15) is 27.9 Å². The minimum Gasteiger partial charge on any atom is -0.298 e. The lowest BCUT2D eigenvalue weighted by molar-refractivity contribution is 0.318. The number of rotatable bonds is 5. The number of aryl methyl sites for hydroxylation is 3. The first-order valence-electron chi connectivity index (χ1n) is 8.21. The fourth-order valence-electron chi connectivity index (χ4n) is 3.01. The van der Waals surface area contributed by atoms with E-state index in [1.165, 1.54) is 33.5 Å². The summed E-state index contributed by atoms with van der Waals surface area (Å²) >= 11 is 0. The van der Waals surface area contributed by atoms with E-state index < -0.39 is 0 Å². The van der Waals surface area contributed by atoms with Crippen LogP contribution in [0, 0.1) is 20.8 Å². The van der Waals surface area contributed by atoms with Crippen molar-refractivity contribution in [3.8, 4) is 11.3 Å². The van der Waals surface area contributed by atoms with Crippen molar-refractivity contribution in [1.29, 1.82) is 0 Å². The Kier molecular flexibility index (Phi) is 4.53. The molecule has 0 aliphatic heterocycles. The normalized spacial score (nSPS) is 11.4. The number of benzene rings is 1. The second-order valence-corrected chi connectivity index (χ2v) is 6.64. The lowest BCUT2D eigenvalue weighted by Crippen LogP contribution is -2.17. The zero-order valence-electron chi connectivity index (χ0n) is 15.1. The van der Waals surface area contributed by atoms with Gasteiger partial charge in [-0.2, -0.15) is 10.2 Å². The van der Waals surface area contributed by atoms with Gasteiger partial charge < -0.3 is 0 Å². The van der Waals surface area contributed by atoms with Gasteiger partial charge in [0, 0.05) is 42.5 Å². The van der Waals surface area contributed by atoms with Gasteiger partial charge in [-0.25, -0.2) is 0 Å². The van der Waals surface area contributed by atoms with E-state index in [0.717, 1.165) is 18.8 Å². The molecule has 126 valence electrons. The average Bonchev–Trinajstić information content (AvgIpc) is 3.11. The molecule has 1 N–H and O–H groups in total. The molecular formula is C19H25N5. The van der Waals surface area contributed by atoms with Crippen LogP contribution in [-0.4, -0.2) is 31.9 Å². The van der Waals surface area contributed by atoms with E-state index in [9.17, 15) is 0 Å². The summed E-state index contributed by atoms with van der Waals surface area (Å²) in [5, 5.41) is 11.8. The summed E-state index contributed by atoms with van der Waals surface area (Å²) in [6, 6.07) is 6.53. The van der Waals surface area contributed by atoms with Crippen LogP contribution in [0.4, 0.5) is 0 Å². The average molecular weight is 323 g/mol. The van der Waals surface area contributed by atoms with Crippen molar-refractivity contribution in [2.24, 2.45) is 7.05 Å². The van der Waals surface area contributed by atoms with Crippen molar-refractivity contribution >= 4 is 0 Å². The largest absolute Gasteiger partial charge is 0.298 e. The van der Waals surface area contributed by atoms with Crippen molar-refractivity contribution in [2.45, 2.75) is 33.9 Å². The number of aromatic nitrogens is 4. The third-order valence-corrected chi connectivity index (χ3v) is 4.60. The maximum Gasteiger partial charge on any atom is 0.0698 e. The highest BCUT2D eigenvalue weighted by molar-refractivity contribution is 5.67. The van der Waals surface area contributed by atoms with Gasteiger partial charge in [0.15, 0.2) is 0 Å². The van der Waals surface area contributed by atoms with Gasteiger partial charge in [-0.1, -0.05) is 17.7 Å². The van der Waals surface area contributed by atoms with Gasteiger partial charge in [-0.3, -0.25) is 14.7 Å². The molecule has 0 aliphatic rings. The molecule has 3 rings (SSSR count). The first-order valence-corrected chi connectivity index (χ1v) is 8.21. The Morgan fingerprint density at radius 2 is 1.83 bits per heavy atom. The fourth-order valence-corrected chi connectivity index (χ4v) is 3.01. The highest BCUT2D eigenvalue weighted by atomic mass is 15.3. The Labute approximate surface area is 143 Å². The highest BCUT2D eigenvalue weighted by Crippen LogP contribution is 2.26. The van der Waals surface area contributed by atoms with Gasteiger partial charge in [0.25, 0.3) is 0 Å². The smallest absolute Gasteiger partial charge is 0.0698 e. The van der Waals surface area contributed by atoms with Crippen LogP contribution in [0.5, 0.6) is 0 Å². The van der Waals surface area contributed by atoms with Gasteiger partial charge >= 0.3 is 0 Å². The van der Waals surface area contributed by atoms with E-state index in [0.29, 0.717) is 0 Å². The minimum atomic E-state index is 0.841. The summed E-state index contributed by atoms with van der Waals surface area (Å²) in [5.74, 6) is 0. The molecule has 0 bridgehead atoms. The molecule has 5 nitrogen and oxygen atoms in total. The highest BCUT2D eigenvalue weighted by Gasteiger charge is 2.14. The molecule has 3 aromatic rings. The Hall–Kier alpha value is -2.40. The van der Waals surface area contributed by atoms with Gasteiger partial charge in [-0.15, -0.1) is 0 Å². The van der Waals surface area contributed by atoms with Crippen molar-refractivity contribution < 1.29 is 0 Å². The maximum atomic E-state index is 4.32. The van der Waals surface area contributed by atoms with Crippen LogP contribution in [0.3, 0.4) is 0 Å². The Balaban J connectivity index is 1.80. The minimum absolute atomic E-state index is 0.841. The van der Waals surface area contributed by atoms with Crippen molar-refractivity contribution in [3.63, 3.8) is 0 Å². The van der Waals surface area contributed by atoms with Crippen LogP contribution < -0.4 is 0 Å². The van der Waals surface area contributed by atoms with E-state index in [1.807, 2.05) is 24.1 Å². The molecule has 1 aromatic carbocycles. The molecule has 5 heteroatoms. The quantitative estimate of drug-likeness (QED) is 0.783. The number of H-pyrrole nitrogens is 1. The molecule has 0 aliphatic carbocycles. The van der Waals surface area contributed by atoms with Crippen molar-refractivity contribution in [2.75, 3.05) is 7.05 Å². The van der Waals surface area contributed by atoms with E-state index in [-0.39, 0.29) is 0 Å². The summed E-state index contributed by atoms with van der Waals surface area (Å²) in [5.41, 5.74) is 8.56. The van der Waals surface area contributed by atoms with E-state index in [4.69, 9.17) is 0 Å². The van der Waals surface area contributed by atoms with Gasteiger partial charge in [-0.05, 0) is 39.4 Å². The van der Waals surface area contributed by atoms with Gasteiger partial charge in [0.05, 0.1) is 18.1 Å². The SMILES string of the molecule is Cc1ccc(C)c(-c2[nH]ncc2CN(C)Cc2cnn(C)c2C)c1. The second-order valence-electron chi connectivity index (χ2n) is 6.64. The third-order valence-electron chi connectivity index (χ3n) is 4.60. The number of hydrogen-bond acceptors (Lipinski definition) is 3. The first kappa shape index (κ1) is 16.5. The fraction of sp³-hybridized carbons (Fsp3) is 0.368. The Morgan fingerprint density at radius 1 is 1.08 bits per heavy atom. The number of aromatic amines is 1. The number of nitrogens with one attached hydrogen (secondary N) is 1. The van der Waals surface area contributed by atoms with Crippen molar-refractivity contribution in [1.82, 2.24) is 24.9 Å². The van der Waals surface area contributed by atoms with Crippen LogP contribution >= 0.6 is 0 Å². The van der Waals surface area contributed by atoms with Crippen LogP contribution in [-0.2, 0) is 20.1 Å². The number of nitrogens with zero attached hydrogens (tertiary/aromatic N) is 4. The van der Waals surface area contributed by atoms with Crippen LogP contribution in [0.2, 0.25) is 0 Å². The zero-order valence-corrected chi connectivity index (χ0v) is 15.1. The summed E-state index contributed by atoms with van der Waals surface area (Å²) in [6.07, 6.45) is 3.89. The molecule has 0 amide bonds. The molecule has 24 heavy (non-hydrogen) atoms. The zero-order chi connectivity index (χ0) is 17.3. The van der Waals surface area contributed by atoms with Crippen molar-refractivity contribution in [3.05, 3.63) is 58.5 Å². The summed E-state index contributed by atoms with van der Waals surface area (Å²) < 4.78 is 1.92. The molecule has 0 fully saturated rings. The predicted octanol–water partition coefficient (Wildman–Crippen LogP) is 3.37. The van der Waals surface area contributed by atoms with Gasteiger partial charge in [0.1, 0.15) is 0 Å². The number of hydrogen-bond donors (Lipinski definition) is 1. The lowest BCUT2D eigenvalue weighted by Gasteiger charge is -2.17. The molecule has 0 saturated carbocycles. The predicted molar refractivity (Wildman–Crippen MR) is 96.6 cm³/mol.